The molecule has 0 aromatic heterocycles. The number of unbranched alkanes of at least 4 members (excludes halogenated alkanes) is 1. The van der Waals surface area contributed by atoms with Crippen LogP contribution in [0.15, 0.2) is 24.3 Å². The molecule has 0 amide bonds. The molecule has 0 aliphatic rings. The third-order valence-corrected chi connectivity index (χ3v) is 2.91. The lowest BCUT2D eigenvalue weighted by atomic mass is 10.2. The zero-order chi connectivity index (χ0) is 17.1. The molecule has 5 heteroatoms. The number of benzene rings is 1. The molecule has 1 aromatic carbocycles. The Morgan fingerprint density at radius 2 is 1.61 bits per heavy atom. The number of carbonyl (C=O) groups excluding carboxylic acids is 2. The molecule has 0 atom stereocenters. The number of hydrogen-bond acceptors (Lipinski definition) is 5. The van der Waals surface area contributed by atoms with Gasteiger partial charge >= 0.3 is 11.9 Å². The smallest absolute Gasteiger partial charge is 0.311 e. The predicted octanol–water partition coefficient (Wildman–Crippen LogP) is 3.89. The number of ether oxygens (including phenoxy) is 3. The second-order valence-electron chi connectivity index (χ2n) is 5.51. The highest BCUT2D eigenvalue weighted by Gasteiger charge is 2.11. The molecule has 0 fully saturated rings. The molecular weight excluding hydrogens is 296 g/mol. The van der Waals surface area contributed by atoms with Crippen LogP contribution in [-0.4, -0.2) is 24.6 Å². The molecule has 5 nitrogen and oxygen atoms in total. The summed E-state index contributed by atoms with van der Waals surface area (Å²) in [5, 5.41) is 0. The Balaban J connectivity index is 2.33. The van der Waals surface area contributed by atoms with Crippen LogP contribution in [0.25, 0.3) is 0 Å². The van der Waals surface area contributed by atoms with Crippen LogP contribution in [-0.2, 0) is 14.3 Å². The largest absolute Gasteiger partial charge is 0.487 e. The summed E-state index contributed by atoms with van der Waals surface area (Å²) in [6.45, 7) is 6.23. The fourth-order valence-corrected chi connectivity index (χ4v) is 1.89. The molecule has 128 valence electrons. The molecule has 0 aliphatic heterocycles. The fourth-order valence-electron chi connectivity index (χ4n) is 1.89. The maximum atomic E-state index is 11.9. The van der Waals surface area contributed by atoms with Crippen molar-refractivity contribution in [3.05, 3.63) is 24.3 Å². The van der Waals surface area contributed by atoms with E-state index in [2.05, 4.69) is 0 Å². The maximum Gasteiger partial charge on any atom is 0.311 e. The zero-order valence-electron chi connectivity index (χ0n) is 14.2. The van der Waals surface area contributed by atoms with Gasteiger partial charge in [-0.15, -0.1) is 0 Å². The lowest BCUT2D eigenvalue weighted by molar-refractivity contribution is -0.144. The van der Waals surface area contributed by atoms with Gasteiger partial charge in [-0.1, -0.05) is 19.1 Å². The van der Waals surface area contributed by atoms with E-state index < -0.39 is 0 Å². The Morgan fingerprint density at radius 3 is 2.22 bits per heavy atom. The first kappa shape index (κ1) is 19.0. The van der Waals surface area contributed by atoms with Crippen LogP contribution in [0.3, 0.4) is 0 Å². The highest BCUT2D eigenvalue weighted by atomic mass is 16.6. The Morgan fingerprint density at radius 1 is 1.00 bits per heavy atom. The van der Waals surface area contributed by atoms with E-state index >= 15 is 0 Å². The van der Waals surface area contributed by atoms with Crippen LogP contribution in [0.5, 0.6) is 11.5 Å². The Kier molecular flexibility index (Phi) is 8.80. The van der Waals surface area contributed by atoms with E-state index in [0.717, 1.165) is 6.42 Å². The van der Waals surface area contributed by atoms with Crippen molar-refractivity contribution in [2.75, 3.05) is 6.61 Å². The Labute approximate surface area is 137 Å². The van der Waals surface area contributed by atoms with Gasteiger partial charge in [0.25, 0.3) is 0 Å². The standard InChI is InChI=1S/C18H26O5/c1-4-13-21-17(19)11-7-8-12-18(20)23-16-10-6-5-9-15(16)22-14(2)3/h5-6,9-10,14H,4,7-8,11-13H2,1-3H3. The first-order valence-corrected chi connectivity index (χ1v) is 8.15. The second-order valence-corrected chi connectivity index (χ2v) is 5.51. The average Bonchev–Trinajstić information content (AvgIpc) is 2.51. The number of para-hydroxylation sites is 2. The van der Waals surface area contributed by atoms with E-state index in [0.29, 0.717) is 37.4 Å². The minimum absolute atomic E-state index is 0.00369. The van der Waals surface area contributed by atoms with Gasteiger partial charge in [0.15, 0.2) is 11.5 Å². The normalized spacial score (nSPS) is 10.4. The van der Waals surface area contributed by atoms with Gasteiger partial charge in [0.05, 0.1) is 12.7 Å². The minimum Gasteiger partial charge on any atom is -0.487 e. The van der Waals surface area contributed by atoms with Crippen LogP contribution in [0.1, 0.15) is 52.9 Å². The Bertz CT molecular complexity index is 496. The summed E-state index contributed by atoms with van der Waals surface area (Å²) in [5.74, 6) is 0.440. The van der Waals surface area contributed by atoms with Crippen LogP contribution in [0.2, 0.25) is 0 Å². The monoisotopic (exact) mass is 322 g/mol. The van der Waals surface area contributed by atoms with E-state index in [1.807, 2.05) is 26.8 Å². The van der Waals surface area contributed by atoms with Crippen molar-refractivity contribution >= 4 is 11.9 Å². The van der Waals surface area contributed by atoms with E-state index in [9.17, 15) is 9.59 Å². The van der Waals surface area contributed by atoms with E-state index in [1.165, 1.54) is 0 Å². The number of hydrogen-bond donors (Lipinski definition) is 0. The van der Waals surface area contributed by atoms with Crippen molar-refractivity contribution in [1.29, 1.82) is 0 Å². The van der Waals surface area contributed by atoms with Crippen LogP contribution >= 0.6 is 0 Å². The van der Waals surface area contributed by atoms with Gasteiger partial charge < -0.3 is 14.2 Å². The van der Waals surface area contributed by atoms with E-state index in [1.54, 1.807) is 18.2 Å². The van der Waals surface area contributed by atoms with Crippen molar-refractivity contribution < 1.29 is 23.8 Å². The molecule has 0 spiro atoms. The molecule has 0 unspecified atom stereocenters. The summed E-state index contributed by atoms with van der Waals surface area (Å²) in [4.78, 5) is 23.2. The minimum atomic E-state index is -0.327. The van der Waals surface area contributed by atoms with Gasteiger partial charge in [0.2, 0.25) is 0 Å². The molecule has 0 saturated carbocycles. The van der Waals surface area contributed by atoms with Crippen molar-refractivity contribution in [3.8, 4) is 11.5 Å². The van der Waals surface area contributed by atoms with Crippen molar-refractivity contribution in [3.63, 3.8) is 0 Å². The van der Waals surface area contributed by atoms with Gasteiger partial charge in [-0.05, 0) is 45.2 Å². The topological polar surface area (TPSA) is 61.8 Å². The lowest BCUT2D eigenvalue weighted by Gasteiger charge is -2.13. The van der Waals surface area contributed by atoms with Gasteiger partial charge in [0.1, 0.15) is 0 Å². The molecule has 0 N–H and O–H groups in total. The zero-order valence-corrected chi connectivity index (χ0v) is 14.2. The quantitative estimate of drug-likeness (QED) is 0.371. The predicted molar refractivity (Wildman–Crippen MR) is 87.6 cm³/mol. The SMILES string of the molecule is CCCOC(=O)CCCCC(=O)Oc1ccccc1OC(C)C. The molecule has 0 saturated heterocycles. The molecule has 0 heterocycles. The summed E-state index contributed by atoms with van der Waals surface area (Å²) in [5.41, 5.74) is 0. The van der Waals surface area contributed by atoms with Crippen LogP contribution in [0, 0.1) is 0 Å². The molecule has 0 bridgehead atoms. The second kappa shape index (κ2) is 10.6. The molecule has 1 rings (SSSR count). The maximum absolute atomic E-state index is 11.9. The van der Waals surface area contributed by atoms with Crippen molar-refractivity contribution in [1.82, 2.24) is 0 Å². The van der Waals surface area contributed by atoms with Gasteiger partial charge in [-0.2, -0.15) is 0 Å². The van der Waals surface area contributed by atoms with Gasteiger partial charge in [-0.3, -0.25) is 9.59 Å². The van der Waals surface area contributed by atoms with E-state index in [-0.39, 0.29) is 24.5 Å². The highest BCUT2D eigenvalue weighted by Crippen LogP contribution is 2.27. The highest BCUT2D eigenvalue weighted by molar-refractivity contribution is 5.73. The summed E-state index contributed by atoms with van der Waals surface area (Å²) >= 11 is 0. The lowest BCUT2D eigenvalue weighted by Crippen LogP contribution is -2.11. The third kappa shape index (κ3) is 8.24. The van der Waals surface area contributed by atoms with E-state index in [4.69, 9.17) is 14.2 Å². The molecule has 23 heavy (non-hydrogen) atoms. The van der Waals surface area contributed by atoms with Crippen LogP contribution < -0.4 is 9.47 Å². The first-order chi connectivity index (χ1) is 11.0. The summed E-state index contributed by atoms with van der Waals surface area (Å²) in [6.07, 6.45) is 2.62. The third-order valence-electron chi connectivity index (χ3n) is 2.91. The number of rotatable bonds is 10. The molecule has 0 aliphatic carbocycles. The Hall–Kier alpha value is -2.04. The van der Waals surface area contributed by atoms with Crippen molar-refractivity contribution in [2.45, 2.75) is 59.0 Å². The molecule has 1 aromatic rings. The van der Waals surface area contributed by atoms with Crippen molar-refractivity contribution in [2.24, 2.45) is 0 Å². The summed E-state index contributed by atoms with van der Waals surface area (Å²) in [6, 6.07) is 7.10. The number of esters is 2. The molecule has 0 radical (unpaired) electrons. The van der Waals surface area contributed by atoms with Crippen LogP contribution in [0.4, 0.5) is 0 Å². The average molecular weight is 322 g/mol. The fraction of sp³-hybridized carbons (Fsp3) is 0.556. The summed E-state index contributed by atoms with van der Waals surface area (Å²) in [7, 11) is 0. The summed E-state index contributed by atoms with van der Waals surface area (Å²) < 4.78 is 15.9. The van der Waals surface area contributed by atoms with Gasteiger partial charge in [0, 0.05) is 12.8 Å². The first-order valence-electron chi connectivity index (χ1n) is 8.15. The number of carbonyl (C=O) groups is 2. The molecular formula is C18H26O5. The van der Waals surface area contributed by atoms with Gasteiger partial charge in [-0.25, -0.2) is 0 Å².